The summed E-state index contributed by atoms with van der Waals surface area (Å²) in [5.74, 6) is 1.53. The number of ether oxygens (including phenoxy) is 1. The minimum absolute atomic E-state index is 0.211. The van der Waals surface area contributed by atoms with Crippen LogP contribution < -0.4 is 10.5 Å². The Morgan fingerprint density at radius 1 is 1.16 bits per heavy atom. The highest BCUT2D eigenvalue weighted by Crippen LogP contribution is 2.36. The van der Waals surface area contributed by atoms with Gasteiger partial charge in [-0.1, -0.05) is 51.3 Å². The molecule has 1 aliphatic rings. The molecule has 0 aromatic heterocycles. The molecule has 1 aromatic carbocycles. The Morgan fingerprint density at radius 3 is 2.47 bits per heavy atom. The summed E-state index contributed by atoms with van der Waals surface area (Å²) in [4.78, 5) is 0. The van der Waals surface area contributed by atoms with Crippen molar-refractivity contribution in [1.82, 2.24) is 0 Å². The fourth-order valence-electron chi connectivity index (χ4n) is 3.03. The quantitative estimate of drug-likeness (QED) is 0.866. The summed E-state index contributed by atoms with van der Waals surface area (Å²) in [6.07, 6.45) is 6.38. The van der Waals surface area contributed by atoms with Crippen molar-refractivity contribution in [3.63, 3.8) is 0 Å². The van der Waals surface area contributed by atoms with E-state index in [0.717, 1.165) is 18.9 Å². The van der Waals surface area contributed by atoms with Crippen LogP contribution in [0.3, 0.4) is 0 Å². The Kier molecular flexibility index (Phi) is 4.87. The normalized spacial score (nSPS) is 18.5. The van der Waals surface area contributed by atoms with Crippen LogP contribution in [0.25, 0.3) is 0 Å². The van der Waals surface area contributed by atoms with Gasteiger partial charge in [-0.25, -0.2) is 0 Å². The van der Waals surface area contributed by atoms with Crippen molar-refractivity contribution in [2.45, 2.75) is 51.9 Å². The maximum absolute atomic E-state index is 6.15. The third-order valence-corrected chi connectivity index (χ3v) is 4.42. The summed E-state index contributed by atoms with van der Waals surface area (Å²) in [6, 6.07) is 8.39. The Hall–Kier alpha value is -1.02. The first-order valence-corrected chi connectivity index (χ1v) is 7.59. The van der Waals surface area contributed by atoms with E-state index in [4.69, 9.17) is 10.5 Å². The van der Waals surface area contributed by atoms with Gasteiger partial charge in [-0.05, 0) is 30.4 Å². The monoisotopic (exact) mass is 261 g/mol. The van der Waals surface area contributed by atoms with Crippen LogP contribution >= 0.6 is 0 Å². The van der Waals surface area contributed by atoms with E-state index in [1.807, 2.05) is 0 Å². The minimum atomic E-state index is 0.211. The van der Waals surface area contributed by atoms with E-state index in [1.165, 1.54) is 37.7 Å². The molecule has 1 aliphatic carbocycles. The molecule has 19 heavy (non-hydrogen) atoms. The van der Waals surface area contributed by atoms with Gasteiger partial charge < -0.3 is 10.5 Å². The lowest BCUT2D eigenvalue weighted by molar-refractivity contribution is 0.104. The van der Waals surface area contributed by atoms with Gasteiger partial charge in [0.1, 0.15) is 5.75 Å². The fourth-order valence-corrected chi connectivity index (χ4v) is 3.03. The number of nitrogens with two attached hydrogens (primary N) is 1. The largest absolute Gasteiger partial charge is 0.493 e. The number of hydrogen-bond acceptors (Lipinski definition) is 2. The zero-order valence-corrected chi connectivity index (χ0v) is 12.3. The van der Waals surface area contributed by atoms with E-state index in [9.17, 15) is 0 Å². The highest BCUT2D eigenvalue weighted by atomic mass is 16.5. The molecule has 0 radical (unpaired) electrons. The average molecular weight is 261 g/mol. The summed E-state index contributed by atoms with van der Waals surface area (Å²) in [7, 11) is 0. The van der Waals surface area contributed by atoms with Crippen molar-refractivity contribution >= 4 is 0 Å². The van der Waals surface area contributed by atoms with Crippen LogP contribution in [0.4, 0.5) is 0 Å². The van der Waals surface area contributed by atoms with Crippen molar-refractivity contribution < 1.29 is 4.74 Å². The lowest BCUT2D eigenvalue weighted by Gasteiger charge is -2.36. The number of para-hydroxylation sites is 1. The smallest absolute Gasteiger partial charge is 0.122 e. The maximum atomic E-state index is 6.15. The second kappa shape index (κ2) is 6.42. The van der Waals surface area contributed by atoms with Crippen molar-refractivity contribution in [3.8, 4) is 5.75 Å². The van der Waals surface area contributed by atoms with Gasteiger partial charge in [-0.3, -0.25) is 0 Å². The van der Waals surface area contributed by atoms with Crippen molar-refractivity contribution in [2.24, 2.45) is 11.1 Å². The Labute approximate surface area is 117 Å². The van der Waals surface area contributed by atoms with Crippen molar-refractivity contribution in [1.29, 1.82) is 0 Å². The SMILES string of the molecule is CC(C)c1ccccc1OCC1(CN)CCCCC1. The second-order valence-corrected chi connectivity index (χ2v) is 6.25. The summed E-state index contributed by atoms with van der Waals surface area (Å²) in [5.41, 5.74) is 7.53. The maximum Gasteiger partial charge on any atom is 0.122 e. The molecule has 1 aromatic rings. The second-order valence-electron chi connectivity index (χ2n) is 6.25. The molecule has 0 heterocycles. The molecule has 1 saturated carbocycles. The number of benzene rings is 1. The number of hydrogen-bond donors (Lipinski definition) is 1. The average Bonchev–Trinajstić information content (AvgIpc) is 2.46. The Balaban J connectivity index is 2.05. The van der Waals surface area contributed by atoms with Crippen LogP contribution in [0.15, 0.2) is 24.3 Å². The van der Waals surface area contributed by atoms with Crippen LogP contribution in [0.2, 0.25) is 0 Å². The molecular weight excluding hydrogens is 234 g/mol. The van der Waals surface area contributed by atoms with Crippen LogP contribution in [-0.2, 0) is 0 Å². The van der Waals surface area contributed by atoms with Gasteiger partial charge in [0, 0.05) is 12.0 Å². The summed E-state index contributed by atoms with van der Waals surface area (Å²) in [6.45, 7) is 5.94. The van der Waals surface area contributed by atoms with E-state index in [1.54, 1.807) is 0 Å². The molecule has 0 bridgehead atoms. The highest BCUT2D eigenvalue weighted by molar-refractivity contribution is 5.35. The molecule has 1 fully saturated rings. The zero-order valence-electron chi connectivity index (χ0n) is 12.3. The summed E-state index contributed by atoms with van der Waals surface area (Å²) < 4.78 is 6.15. The minimum Gasteiger partial charge on any atom is -0.493 e. The first kappa shape index (κ1) is 14.4. The lowest BCUT2D eigenvalue weighted by atomic mass is 9.75. The van der Waals surface area contributed by atoms with Crippen molar-refractivity contribution in [3.05, 3.63) is 29.8 Å². The van der Waals surface area contributed by atoms with Gasteiger partial charge in [0.05, 0.1) is 6.61 Å². The first-order chi connectivity index (χ1) is 9.17. The third-order valence-electron chi connectivity index (χ3n) is 4.42. The molecular formula is C17H27NO. The fraction of sp³-hybridized carbons (Fsp3) is 0.647. The predicted octanol–water partition coefficient (Wildman–Crippen LogP) is 4.10. The Morgan fingerprint density at radius 2 is 1.84 bits per heavy atom. The molecule has 2 heteroatoms. The van der Waals surface area contributed by atoms with Crippen molar-refractivity contribution in [2.75, 3.05) is 13.2 Å². The van der Waals surface area contributed by atoms with Gasteiger partial charge in [0.25, 0.3) is 0 Å². The molecule has 0 unspecified atom stereocenters. The van der Waals surface area contributed by atoms with E-state index >= 15 is 0 Å². The number of rotatable bonds is 5. The molecule has 0 aliphatic heterocycles. The molecule has 0 atom stereocenters. The topological polar surface area (TPSA) is 35.2 Å². The lowest BCUT2D eigenvalue weighted by Crippen LogP contribution is -2.38. The van der Waals surface area contributed by atoms with E-state index in [2.05, 4.69) is 38.1 Å². The highest BCUT2D eigenvalue weighted by Gasteiger charge is 2.31. The van der Waals surface area contributed by atoms with Crippen LogP contribution in [0.1, 0.15) is 57.4 Å². The molecule has 2 rings (SSSR count). The summed E-state index contributed by atoms with van der Waals surface area (Å²) >= 11 is 0. The molecule has 0 spiro atoms. The van der Waals surface area contributed by atoms with Gasteiger partial charge >= 0.3 is 0 Å². The molecule has 2 nitrogen and oxygen atoms in total. The molecule has 0 amide bonds. The van der Waals surface area contributed by atoms with Gasteiger partial charge in [-0.2, -0.15) is 0 Å². The van der Waals surface area contributed by atoms with Gasteiger partial charge in [0.2, 0.25) is 0 Å². The van der Waals surface area contributed by atoms with E-state index in [0.29, 0.717) is 5.92 Å². The summed E-state index contributed by atoms with van der Waals surface area (Å²) in [5, 5.41) is 0. The van der Waals surface area contributed by atoms with Crippen LogP contribution in [0.5, 0.6) is 5.75 Å². The first-order valence-electron chi connectivity index (χ1n) is 7.59. The van der Waals surface area contributed by atoms with Gasteiger partial charge in [-0.15, -0.1) is 0 Å². The van der Waals surface area contributed by atoms with Crippen LogP contribution in [0, 0.1) is 5.41 Å². The molecule has 0 saturated heterocycles. The standard InChI is InChI=1S/C17H27NO/c1-14(2)15-8-4-5-9-16(15)19-13-17(12-18)10-6-3-7-11-17/h4-5,8-9,14H,3,6-7,10-13,18H2,1-2H3. The van der Waals surface area contributed by atoms with E-state index in [-0.39, 0.29) is 5.41 Å². The Bertz CT molecular complexity index is 394. The van der Waals surface area contributed by atoms with Crippen LogP contribution in [-0.4, -0.2) is 13.2 Å². The zero-order chi connectivity index (χ0) is 13.7. The van der Waals surface area contributed by atoms with E-state index < -0.39 is 0 Å². The molecule has 106 valence electrons. The predicted molar refractivity (Wildman–Crippen MR) is 80.6 cm³/mol. The van der Waals surface area contributed by atoms with Gasteiger partial charge in [0.15, 0.2) is 0 Å². The molecule has 2 N–H and O–H groups in total. The third kappa shape index (κ3) is 3.50.